The van der Waals surface area contributed by atoms with Gasteiger partial charge in [0.2, 0.25) is 0 Å². The minimum atomic E-state index is -0.782. The molecule has 1 fully saturated rings. The van der Waals surface area contributed by atoms with Crippen molar-refractivity contribution in [3.05, 3.63) is 89.4 Å². The van der Waals surface area contributed by atoms with E-state index in [9.17, 15) is 14.7 Å². The molecular weight excluding hydrogens is 470 g/mol. The van der Waals surface area contributed by atoms with Gasteiger partial charge < -0.3 is 23.9 Å². The molecule has 0 radical (unpaired) electrons. The number of unbranched alkanes of at least 4 members (excludes halogenated alkanes) is 2. The third-order valence-corrected chi connectivity index (χ3v) is 6.26. The van der Waals surface area contributed by atoms with Crippen LogP contribution in [0.25, 0.3) is 5.76 Å². The Balaban J connectivity index is 1.68. The topological polar surface area (TPSA) is 89.2 Å². The predicted octanol–water partition coefficient (Wildman–Crippen LogP) is 6.26. The van der Waals surface area contributed by atoms with Crippen LogP contribution in [0.2, 0.25) is 0 Å². The molecule has 2 heterocycles. The maximum atomic E-state index is 13.2. The number of furan rings is 1. The molecule has 7 heteroatoms. The van der Waals surface area contributed by atoms with Gasteiger partial charge in [-0.15, -0.1) is 0 Å². The van der Waals surface area contributed by atoms with Gasteiger partial charge in [-0.05, 0) is 66.9 Å². The van der Waals surface area contributed by atoms with E-state index in [1.165, 1.54) is 11.2 Å². The number of benzene rings is 2. The Morgan fingerprint density at radius 3 is 2.19 bits per heavy atom. The Bertz CT molecular complexity index is 1210. The van der Waals surface area contributed by atoms with Crippen molar-refractivity contribution in [1.82, 2.24) is 4.90 Å². The monoisotopic (exact) mass is 503 g/mol. The number of ketones is 1. The molecule has 0 saturated carbocycles. The number of hydrogen-bond acceptors (Lipinski definition) is 6. The van der Waals surface area contributed by atoms with Crippen LogP contribution in [0.15, 0.2) is 76.9 Å². The van der Waals surface area contributed by atoms with Crippen LogP contribution in [-0.4, -0.2) is 34.9 Å². The Hall–Kier alpha value is -4.00. The van der Waals surface area contributed by atoms with Gasteiger partial charge in [0.15, 0.2) is 0 Å². The quantitative estimate of drug-likeness (QED) is 0.136. The third-order valence-electron chi connectivity index (χ3n) is 6.26. The third kappa shape index (κ3) is 6.05. The van der Waals surface area contributed by atoms with Crippen molar-refractivity contribution < 1.29 is 28.6 Å². The van der Waals surface area contributed by atoms with Crippen LogP contribution in [0, 0.1) is 0 Å². The molecule has 3 aromatic rings. The molecule has 1 aromatic heterocycles. The van der Waals surface area contributed by atoms with Crippen molar-refractivity contribution in [3.8, 4) is 11.5 Å². The fourth-order valence-electron chi connectivity index (χ4n) is 4.33. The largest absolute Gasteiger partial charge is 0.507 e. The highest BCUT2D eigenvalue weighted by molar-refractivity contribution is 6.46. The summed E-state index contributed by atoms with van der Waals surface area (Å²) in [6, 6.07) is 16.9. The van der Waals surface area contributed by atoms with Crippen LogP contribution in [-0.2, 0) is 16.1 Å². The summed E-state index contributed by atoms with van der Waals surface area (Å²) < 4.78 is 16.9. The first-order chi connectivity index (χ1) is 18.0. The van der Waals surface area contributed by atoms with E-state index >= 15 is 0 Å². The zero-order valence-electron chi connectivity index (χ0n) is 21.3. The SMILES string of the molecule is CCCCCOc1ccc(C2C(=C(O)c3ccc(OCCC)cc3)C(=O)C(=O)N2Cc2ccco2)cc1. The highest BCUT2D eigenvalue weighted by atomic mass is 16.5. The first-order valence-electron chi connectivity index (χ1n) is 12.8. The summed E-state index contributed by atoms with van der Waals surface area (Å²) >= 11 is 0. The van der Waals surface area contributed by atoms with E-state index in [2.05, 4.69) is 6.92 Å². The highest BCUT2D eigenvalue weighted by Crippen LogP contribution is 2.41. The molecule has 0 bridgehead atoms. The Morgan fingerprint density at radius 2 is 1.57 bits per heavy atom. The molecule has 194 valence electrons. The molecule has 1 aliphatic rings. The molecule has 4 rings (SSSR count). The second-order valence-electron chi connectivity index (χ2n) is 9.00. The van der Waals surface area contributed by atoms with Gasteiger partial charge >= 0.3 is 0 Å². The maximum Gasteiger partial charge on any atom is 0.296 e. The van der Waals surface area contributed by atoms with Crippen LogP contribution in [0.3, 0.4) is 0 Å². The van der Waals surface area contributed by atoms with Gasteiger partial charge in [0.05, 0.1) is 37.6 Å². The number of likely N-dealkylation sites (tertiary alicyclic amines) is 1. The van der Waals surface area contributed by atoms with E-state index in [0.29, 0.717) is 41.6 Å². The van der Waals surface area contributed by atoms with Crippen molar-refractivity contribution in [3.63, 3.8) is 0 Å². The van der Waals surface area contributed by atoms with Gasteiger partial charge in [-0.2, -0.15) is 0 Å². The zero-order chi connectivity index (χ0) is 26.2. The summed E-state index contributed by atoms with van der Waals surface area (Å²) in [6.07, 6.45) is 5.59. The lowest BCUT2D eigenvalue weighted by atomic mass is 9.95. The lowest BCUT2D eigenvalue weighted by Gasteiger charge is -2.24. The van der Waals surface area contributed by atoms with Crippen molar-refractivity contribution in [2.75, 3.05) is 13.2 Å². The number of rotatable bonds is 12. The number of hydrogen-bond donors (Lipinski definition) is 1. The standard InChI is InChI=1S/C30H33NO6/c1-3-5-6-18-36-24-13-9-21(10-14-24)27-26(28(32)22-11-15-23(16-12-22)35-17-4-2)29(33)30(34)31(27)20-25-8-7-19-37-25/h7-16,19,27,32H,3-6,17-18,20H2,1-2H3. The van der Waals surface area contributed by atoms with Crippen molar-refractivity contribution in [1.29, 1.82) is 0 Å². The van der Waals surface area contributed by atoms with E-state index in [0.717, 1.165) is 25.7 Å². The van der Waals surface area contributed by atoms with Crippen LogP contribution in [0.4, 0.5) is 0 Å². The van der Waals surface area contributed by atoms with E-state index in [4.69, 9.17) is 13.9 Å². The molecule has 0 aliphatic carbocycles. The molecule has 1 unspecified atom stereocenters. The second-order valence-corrected chi connectivity index (χ2v) is 9.00. The summed E-state index contributed by atoms with van der Waals surface area (Å²) in [6.45, 7) is 5.47. The predicted molar refractivity (Wildman–Crippen MR) is 140 cm³/mol. The number of amides is 1. The highest BCUT2D eigenvalue weighted by Gasteiger charge is 2.46. The van der Waals surface area contributed by atoms with Gasteiger partial charge in [0.1, 0.15) is 23.0 Å². The molecule has 1 amide bonds. The number of carbonyl (C=O) groups is 2. The van der Waals surface area contributed by atoms with E-state index in [1.54, 1.807) is 36.4 Å². The zero-order valence-corrected chi connectivity index (χ0v) is 21.3. The molecule has 1 N–H and O–H groups in total. The average molecular weight is 504 g/mol. The molecular formula is C30H33NO6. The van der Waals surface area contributed by atoms with Gasteiger partial charge in [-0.25, -0.2) is 0 Å². The van der Waals surface area contributed by atoms with Crippen molar-refractivity contribution in [2.45, 2.75) is 52.1 Å². The fraction of sp³-hybridized carbons (Fsp3) is 0.333. The average Bonchev–Trinajstić information content (AvgIpc) is 3.53. The number of carbonyl (C=O) groups excluding carboxylic acids is 2. The summed E-state index contributed by atoms with van der Waals surface area (Å²) in [7, 11) is 0. The number of ether oxygens (including phenoxy) is 2. The summed E-state index contributed by atoms with van der Waals surface area (Å²) in [5.41, 5.74) is 1.16. The van der Waals surface area contributed by atoms with Gasteiger partial charge in [-0.1, -0.05) is 38.8 Å². The van der Waals surface area contributed by atoms with E-state index < -0.39 is 17.7 Å². The summed E-state index contributed by atoms with van der Waals surface area (Å²) in [4.78, 5) is 27.8. The maximum absolute atomic E-state index is 13.2. The minimum Gasteiger partial charge on any atom is -0.507 e. The van der Waals surface area contributed by atoms with Crippen molar-refractivity contribution in [2.24, 2.45) is 0 Å². The lowest BCUT2D eigenvalue weighted by molar-refractivity contribution is -0.140. The Kier molecular flexibility index (Phi) is 8.67. The summed E-state index contributed by atoms with van der Waals surface area (Å²) in [5, 5.41) is 11.3. The molecule has 37 heavy (non-hydrogen) atoms. The first kappa shape index (κ1) is 26.1. The van der Waals surface area contributed by atoms with Gasteiger partial charge in [0, 0.05) is 5.56 Å². The van der Waals surface area contributed by atoms with Gasteiger partial charge in [0.25, 0.3) is 11.7 Å². The van der Waals surface area contributed by atoms with E-state index in [1.807, 2.05) is 31.2 Å². The number of aliphatic hydroxyl groups excluding tert-OH is 1. The number of nitrogens with zero attached hydrogens (tertiary/aromatic N) is 1. The van der Waals surface area contributed by atoms with Crippen molar-refractivity contribution >= 4 is 17.4 Å². The molecule has 0 spiro atoms. The van der Waals surface area contributed by atoms with Crippen LogP contribution >= 0.6 is 0 Å². The smallest absolute Gasteiger partial charge is 0.296 e. The number of aliphatic hydroxyl groups is 1. The molecule has 2 aromatic carbocycles. The van der Waals surface area contributed by atoms with Gasteiger partial charge in [-0.3, -0.25) is 9.59 Å². The van der Waals surface area contributed by atoms with Crippen LogP contribution in [0.5, 0.6) is 11.5 Å². The van der Waals surface area contributed by atoms with E-state index in [-0.39, 0.29) is 17.9 Å². The minimum absolute atomic E-state index is 0.0374. The van der Waals surface area contributed by atoms with Crippen LogP contribution in [0.1, 0.15) is 62.5 Å². The second kappa shape index (κ2) is 12.3. The first-order valence-corrected chi connectivity index (χ1v) is 12.8. The fourth-order valence-corrected chi connectivity index (χ4v) is 4.33. The molecule has 1 atom stereocenters. The summed E-state index contributed by atoms with van der Waals surface area (Å²) in [5.74, 6) is 0.270. The van der Waals surface area contributed by atoms with Crippen LogP contribution < -0.4 is 9.47 Å². The normalized spacial score (nSPS) is 16.8. The molecule has 7 nitrogen and oxygen atoms in total. The Labute approximate surface area is 217 Å². The number of Topliss-reactive ketones (excluding diaryl/α,β-unsaturated/α-hetero) is 1. The Morgan fingerprint density at radius 1 is 0.892 bits per heavy atom. The lowest BCUT2D eigenvalue weighted by Crippen LogP contribution is -2.29. The molecule has 1 saturated heterocycles. The molecule has 1 aliphatic heterocycles.